The van der Waals surface area contributed by atoms with Crippen LogP contribution in [0.25, 0.3) is 0 Å². The van der Waals surface area contributed by atoms with Crippen molar-refractivity contribution < 1.29 is 26.1 Å². The van der Waals surface area contributed by atoms with E-state index < -0.39 is 21.8 Å². The summed E-state index contributed by atoms with van der Waals surface area (Å²) in [5.74, 6) is -1.49. The van der Waals surface area contributed by atoms with Crippen LogP contribution in [0.1, 0.15) is 18.1 Å². The first kappa shape index (κ1) is 13.3. The van der Waals surface area contributed by atoms with Gasteiger partial charge in [0, 0.05) is 6.04 Å². The first-order valence-corrected chi connectivity index (χ1v) is 6.92. The van der Waals surface area contributed by atoms with E-state index in [-0.39, 0.29) is 30.0 Å². The van der Waals surface area contributed by atoms with Gasteiger partial charge >= 0.3 is 6.18 Å². The van der Waals surface area contributed by atoms with Crippen LogP contribution in [0.15, 0.2) is 4.52 Å². The molecule has 0 amide bonds. The van der Waals surface area contributed by atoms with Crippen LogP contribution in [0.3, 0.4) is 0 Å². The van der Waals surface area contributed by atoms with Crippen LogP contribution in [0, 0.1) is 0 Å². The Kier molecular flexibility index (Phi) is 3.32. The van der Waals surface area contributed by atoms with Crippen LogP contribution < -0.4 is 5.32 Å². The van der Waals surface area contributed by atoms with Crippen LogP contribution in [-0.4, -0.2) is 36.1 Å². The smallest absolute Gasteiger partial charge is 0.338 e. The Morgan fingerprint density at radius 1 is 1.44 bits per heavy atom. The maximum atomic E-state index is 12.2. The quantitative estimate of drug-likeness (QED) is 0.863. The van der Waals surface area contributed by atoms with Gasteiger partial charge in [-0.15, -0.1) is 0 Å². The summed E-state index contributed by atoms with van der Waals surface area (Å²) in [6.45, 7) is -0.0801. The fourth-order valence-corrected chi connectivity index (χ4v) is 3.34. The second kappa shape index (κ2) is 4.50. The largest absolute Gasteiger partial charge is 0.455 e. The molecule has 10 heteroatoms. The minimum absolute atomic E-state index is 0.0206. The lowest BCUT2D eigenvalue weighted by molar-refractivity contribution is -0.146. The molecule has 6 nitrogen and oxygen atoms in total. The summed E-state index contributed by atoms with van der Waals surface area (Å²) in [6, 6.07) is -0.281. The molecule has 1 fully saturated rings. The molecule has 18 heavy (non-hydrogen) atoms. The van der Waals surface area contributed by atoms with Gasteiger partial charge in [0.25, 0.3) is 5.82 Å². The molecule has 0 aliphatic carbocycles. The standard InChI is InChI=1S/C8H10F3N3O3S/c9-8(10,11)7-13-6(17-14-7)3-12-5-1-2-18(15,16)4-5/h5,12H,1-4H2. The molecule has 1 atom stereocenters. The van der Waals surface area contributed by atoms with Crippen LogP contribution in [0.4, 0.5) is 13.2 Å². The first-order chi connectivity index (χ1) is 8.26. The van der Waals surface area contributed by atoms with Crippen molar-refractivity contribution in [2.75, 3.05) is 11.5 Å². The second-order valence-corrected chi connectivity index (χ2v) is 6.22. The van der Waals surface area contributed by atoms with Gasteiger partial charge in [-0.05, 0) is 6.42 Å². The molecular formula is C8H10F3N3O3S. The minimum atomic E-state index is -4.64. The van der Waals surface area contributed by atoms with Crippen molar-refractivity contribution in [1.82, 2.24) is 15.5 Å². The molecule has 1 aliphatic rings. The topological polar surface area (TPSA) is 85.1 Å². The predicted molar refractivity (Wildman–Crippen MR) is 53.2 cm³/mol. The molecule has 2 rings (SSSR count). The van der Waals surface area contributed by atoms with Gasteiger partial charge in [-0.2, -0.15) is 18.2 Å². The number of aromatic nitrogens is 2. The summed E-state index contributed by atoms with van der Waals surface area (Å²) >= 11 is 0. The molecule has 0 saturated carbocycles. The number of hydrogen-bond acceptors (Lipinski definition) is 6. The van der Waals surface area contributed by atoms with Crippen molar-refractivity contribution in [3.8, 4) is 0 Å². The fraction of sp³-hybridized carbons (Fsp3) is 0.750. The summed E-state index contributed by atoms with van der Waals surface area (Å²) in [4.78, 5) is 3.16. The molecule has 1 saturated heterocycles. The number of alkyl halides is 3. The van der Waals surface area contributed by atoms with Gasteiger partial charge in [0.1, 0.15) is 0 Å². The van der Waals surface area contributed by atoms with Crippen LogP contribution >= 0.6 is 0 Å². The number of nitrogens with zero attached hydrogens (tertiary/aromatic N) is 2. The zero-order valence-corrected chi connectivity index (χ0v) is 9.88. The molecule has 1 aromatic rings. The highest BCUT2D eigenvalue weighted by molar-refractivity contribution is 7.91. The molecule has 1 N–H and O–H groups in total. The lowest BCUT2D eigenvalue weighted by atomic mass is 10.3. The average molecular weight is 285 g/mol. The van der Waals surface area contributed by atoms with Crippen LogP contribution in [0.2, 0.25) is 0 Å². The highest BCUT2D eigenvalue weighted by atomic mass is 32.2. The van der Waals surface area contributed by atoms with E-state index in [0.29, 0.717) is 6.42 Å². The summed E-state index contributed by atoms with van der Waals surface area (Å²) in [5.41, 5.74) is 0. The van der Waals surface area contributed by atoms with Gasteiger partial charge in [0.15, 0.2) is 9.84 Å². The second-order valence-electron chi connectivity index (χ2n) is 3.99. The zero-order chi connectivity index (χ0) is 13.4. The van der Waals surface area contributed by atoms with Gasteiger partial charge in [0.05, 0.1) is 18.1 Å². The lowest BCUT2D eigenvalue weighted by Gasteiger charge is -2.07. The lowest BCUT2D eigenvalue weighted by Crippen LogP contribution is -2.29. The third kappa shape index (κ3) is 3.19. The van der Waals surface area contributed by atoms with Gasteiger partial charge in [-0.3, -0.25) is 0 Å². The maximum Gasteiger partial charge on any atom is 0.455 e. The predicted octanol–water partition coefficient (Wildman–Crippen LogP) is 0.365. The van der Waals surface area contributed by atoms with E-state index in [1.807, 2.05) is 0 Å². The Morgan fingerprint density at radius 2 is 2.17 bits per heavy atom. The Bertz CT molecular complexity index is 525. The van der Waals surface area contributed by atoms with E-state index in [4.69, 9.17) is 0 Å². The Labute approximate surface area is 100 Å². The number of nitrogens with one attached hydrogen (secondary N) is 1. The zero-order valence-electron chi connectivity index (χ0n) is 9.07. The first-order valence-electron chi connectivity index (χ1n) is 5.10. The molecular weight excluding hydrogens is 275 g/mol. The van der Waals surface area contributed by atoms with E-state index >= 15 is 0 Å². The fourth-order valence-electron chi connectivity index (χ4n) is 1.63. The molecule has 0 bridgehead atoms. The molecule has 0 spiro atoms. The SMILES string of the molecule is O=S1(=O)CCC(NCc2nc(C(F)(F)F)no2)C1. The van der Waals surface area contributed by atoms with E-state index in [2.05, 4.69) is 20.0 Å². The monoisotopic (exact) mass is 285 g/mol. The summed E-state index contributed by atoms with van der Waals surface area (Å²) in [6.07, 6.45) is -4.21. The number of halogens is 3. The van der Waals surface area contributed by atoms with Gasteiger partial charge in [-0.1, -0.05) is 5.16 Å². The highest BCUT2D eigenvalue weighted by Crippen LogP contribution is 2.26. The molecule has 0 aromatic carbocycles. The normalized spacial score (nSPS) is 23.4. The minimum Gasteiger partial charge on any atom is -0.338 e. The third-order valence-corrected chi connectivity index (χ3v) is 4.26. The van der Waals surface area contributed by atoms with Crippen molar-refractivity contribution >= 4 is 9.84 Å². The van der Waals surface area contributed by atoms with Crippen molar-refractivity contribution in [2.24, 2.45) is 0 Å². The summed E-state index contributed by atoms with van der Waals surface area (Å²) < 4.78 is 63.2. The maximum absolute atomic E-state index is 12.2. The number of hydrogen-bond donors (Lipinski definition) is 1. The van der Waals surface area contributed by atoms with Crippen molar-refractivity contribution in [2.45, 2.75) is 25.2 Å². The molecule has 0 radical (unpaired) electrons. The van der Waals surface area contributed by atoms with Crippen LogP contribution in [0.5, 0.6) is 0 Å². The molecule has 1 unspecified atom stereocenters. The number of rotatable bonds is 3. The van der Waals surface area contributed by atoms with Crippen molar-refractivity contribution in [3.05, 3.63) is 11.7 Å². The Balaban J connectivity index is 1.90. The van der Waals surface area contributed by atoms with Crippen molar-refractivity contribution in [3.63, 3.8) is 0 Å². The molecule has 102 valence electrons. The highest BCUT2D eigenvalue weighted by Gasteiger charge is 2.37. The van der Waals surface area contributed by atoms with Crippen LogP contribution in [-0.2, 0) is 22.6 Å². The van der Waals surface area contributed by atoms with E-state index in [0.717, 1.165) is 0 Å². The molecule has 1 aliphatic heterocycles. The molecule has 1 aromatic heterocycles. The van der Waals surface area contributed by atoms with Gasteiger partial charge in [-0.25, -0.2) is 8.42 Å². The Morgan fingerprint density at radius 3 is 2.67 bits per heavy atom. The summed E-state index contributed by atoms with van der Waals surface area (Å²) in [7, 11) is -3.03. The number of sulfone groups is 1. The van der Waals surface area contributed by atoms with E-state index in [1.54, 1.807) is 0 Å². The van der Waals surface area contributed by atoms with Gasteiger partial charge < -0.3 is 9.84 Å². The van der Waals surface area contributed by atoms with E-state index in [9.17, 15) is 21.6 Å². The third-order valence-electron chi connectivity index (χ3n) is 2.50. The van der Waals surface area contributed by atoms with Gasteiger partial charge in [0.2, 0.25) is 5.89 Å². The summed E-state index contributed by atoms with van der Waals surface area (Å²) in [5, 5.41) is 5.57. The Hall–Kier alpha value is -1.16. The average Bonchev–Trinajstić information content (AvgIpc) is 2.80. The van der Waals surface area contributed by atoms with Crippen molar-refractivity contribution in [1.29, 1.82) is 0 Å². The molecule has 2 heterocycles. The van der Waals surface area contributed by atoms with E-state index in [1.165, 1.54) is 0 Å².